The predicted molar refractivity (Wildman–Crippen MR) is 265 cm³/mol. The number of hydrogen-bond acceptors (Lipinski definition) is 4. The van der Waals surface area contributed by atoms with E-state index in [0.717, 1.165) is 39.3 Å². The van der Waals surface area contributed by atoms with Gasteiger partial charge in [-0.2, -0.15) is 0 Å². The van der Waals surface area contributed by atoms with Crippen LogP contribution in [0.1, 0.15) is 22.3 Å². The summed E-state index contributed by atoms with van der Waals surface area (Å²) in [6.07, 6.45) is 0. The third-order valence-electron chi connectivity index (χ3n) is 13.6. The van der Waals surface area contributed by atoms with E-state index in [4.69, 9.17) is 9.47 Å². The van der Waals surface area contributed by atoms with E-state index >= 15 is 0 Å². The van der Waals surface area contributed by atoms with Crippen molar-refractivity contribution in [3.8, 4) is 67.5 Å². The molecule has 0 unspecified atom stereocenters. The minimum Gasteiger partial charge on any atom is -0.447 e. The smallest absolute Gasteiger partial charge is 0.221 e. The van der Waals surface area contributed by atoms with Crippen molar-refractivity contribution in [2.45, 2.75) is 5.41 Å². The second-order valence-electron chi connectivity index (χ2n) is 16.9. The van der Waals surface area contributed by atoms with Crippen LogP contribution in [0.15, 0.2) is 212 Å². The van der Waals surface area contributed by atoms with Gasteiger partial charge in [-0.15, -0.1) is 11.3 Å². The van der Waals surface area contributed by atoms with E-state index in [-0.39, 0.29) is 0 Å². The summed E-state index contributed by atoms with van der Waals surface area (Å²) in [5, 5.41) is 2.60. The molecule has 1 aliphatic heterocycles. The van der Waals surface area contributed by atoms with E-state index in [1.165, 1.54) is 64.7 Å². The average Bonchev–Trinajstić information content (AvgIpc) is 4.01. The van der Waals surface area contributed by atoms with Gasteiger partial charge in [-0.3, -0.25) is 0 Å². The Morgan fingerprint density at radius 1 is 0.431 bits per heavy atom. The molecule has 0 bridgehead atoms. The van der Waals surface area contributed by atoms with Crippen molar-refractivity contribution in [2.24, 2.45) is 0 Å². The zero-order chi connectivity index (χ0) is 42.6. The van der Waals surface area contributed by atoms with Crippen molar-refractivity contribution < 1.29 is 9.47 Å². The van der Waals surface area contributed by atoms with Gasteiger partial charge in [-0.05, 0) is 98.6 Å². The number of anilines is 3. The maximum absolute atomic E-state index is 7.32. The van der Waals surface area contributed by atoms with Crippen LogP contribution in [0.4, 0.5) is 17.1 Å². The summed E-state index contributed by atoms with van der Waals surface area (Å²) >= 11 is 1.86. The Labute approximate surface area is 380 Å². The first-order valence-corrected chi connectivity index (χ1v) is 22.8. The minimum absolute atomic E-state index is 0.500. The van der Waals surface area contributed by atoms with Crippen LogP contribution in [-0.2, 0) is 5.41 Å². The van der Waals surface area contributed by atoms with Gasteiger partial charge in [-0.25, -0.2) is 0 Å². The van der Waals surface area contributed by atoms with Gasteiger partial charge in [0, 0.05) is 54.3 Å². The Balaban J connectivity index is 0.909. The predicted octanol–water partition coefficient (Wildman–Crippen LogP) is 16.7. The van der Waals surface area contributed by atoms with Gasteiger partial charge in [-0.1, -0.05) is 170 Å². The molecule has 4 heteroatoms. The molecule has 0 amide bonds. The highest BCUT2D eigenvalue weighted by Gasteiger charge is 2.53. The van der Waals surface area contributed by atoms with Gasteiger partial charge >= 0.3 is 0 Å². The molecule has 10 aromatic carbocycles. The standard InChI is InChI=1S/C61H35NO2S/c1-2-16-39(17-3-1)62(40-34-32-38(33-35-40)41-23-14-25-47-45-21-8-13-31-56(45)65-60(41)47)53-29-12-7-20-44(53)46-24-15-30-54-58(46)64-59-55(63-54)37-36-52-57(59)48-22-6-11-28-51(48)61(52)49-26-9-4-18-42(49)43-19-5-10-27-50(43)61/h1-14,16-29,31-37H. The molecule has 2 heterocycles. The normalized spacial score (nSPS) is 13.2. The van der Waals surface area contributed by atoms with Crippen molar-refractivity contribution in [2.75, 3.05) is 4.90 Å². The molecule has 0 radical (unpaired) electrons. The summed E-state index contributed by atoms with van der Waals surface area (Å²) in [7, 11) is 0. The zero-order valence-electron chi connectivity index (χ0n) is 34.9. The minimum atomic E-state index is -0.500. The molecule has 0 saturated heterocycles. The fourth-order valence-electron chi connectivity index (χ4n) is 11.0. The Kier molecular flexibility index (Phi) is 7.69. The zero-order valence-corrected chi connectivity index (χ0v) is 35.7. The van der Waals surface area contributed by atoms with E-state index < -0.39 is 5.41 Å². The maximum Gasteiger partial charge on any atom is 0.221 e. The number of nitrogens with zero attached hydrogens (tertiary/aromatic N) is 1. The summed E-state index contributed by atoms with van der Waals surface area (Å²) in [6.45, 7) is 0. The van der Waals surface area contributed by atoms with Crippen LogP contribution in [0.3, 0.4) is 0 Å². The van der Waals surface area contributed by atoms with E-state index in [1.807, 2.05) is 17.4 Å². The van der Waals surface area contributed by atoms with Crippen LogP contribution in [0.5, 0.6) is 23.0 Å². The van der Waals surface area contributed by atoms with Crippen LogP contribution in [0.25, 0.3) is 64.7 Å². The average molecular weight is 846 g/mol. The summed E-state index contributed by atoms with van der Waals surface area (Å²) in [5.41, 5.74) is 16.6. The molecule has 1 aromatic heterocycles. The summed E-state index contributed by atoms with van der Waals surface area (Å²) < 4.78 is 16.7. The van der Waals surface area contributed by atoms with E-state index in [1.54, 1.807) is 0 Å². The van der Waals surface area contributed by atoms with Crippen molar-refractivity contribution in [3.63, 3.8) is 0 Å². The number of ether oxygens (including phenoxy) is 2. The van der Waals surface area contributed by atoms with Crippen LogP contribution in [-0.4, -0.2) is 0 Å². The number of para-hydroxylation sites is 2. The molecule has 0 atom stereocenters. The van der Waals surface area contributed by atoms with Crippen LogP contribution >= 0.6 is 11.3 Å². The molecule has 2 aliphatic carbocycles. The molecule has 3 aliphatic rings. The topological polar surface area (TPSA) is 21.7 Å². The molecule has 1 spiro atoms. The van der Waals surface area contributed by atoms with Crippen molar-refractivity contribution >= 4 is 48.6 Å². The van der Waals surface area contributed by atoms with Crippen LogP contribution in [0.2, 0.25) is 0 Å². The van der Waals surface area contributed by atoms with E-state index in [9.17, 15) is 0 Å². The molecule has 3 nitrogen and oxygen atoms in total. The quantitative estimate of drug-likeness (QED) is 0.172. The number of rotatable bonds is 5. The van der Waals surface area contributed by atoms with Gasteiger partial charge in [0.15, 0.2) is 17.2 Å². The van der Waals surface area contributed by atoms with Crippen LogP contribution < -0.4 is 14.4 Å². The molecular weight excluding hydrogens is 811 g/mol. The van der Waals surface area contributed by atoms with Crippen molar-refractivity contribution in [3.05, 3.63) is 247 Å². The summed E-state index contributed by atoms with van der Waals surface area (Å²) in [5.74, 6) is 2.50. The van der Waals surface area contributed by atoms with Crippen molar-refractivity contribution in [1.82, 2.24) is 0 Å². The number of thiophene rings is 1. The Bertz CT molecular complexity index is 3690. The maximum atomic E-state index is 7.32. The fraction of sp³-hybridized carbons (Fsp3) is 0.0164. The van der Waals surface area contributed by atoms with E-state index in [0.29, 0.717) is 23.0 Å². The first-order chi connectivity index (χ1) is 32.3. The van der Waals surface area contributed by atoms with Gasteiger partial charge in [0.05, 0.1) is 11.1 Å². The van der Waals surface area contributed by atoms with E-state index in [2.05, 4.69) is 223 Å². The van der Waals surface area contributed by atoms with Gasteiger partial charge in [0.25, 0.3) is 0 Å². The fourth-order valence-corrected chi connectivity index (χ4v) is 12.2. The molecule has 11 aromatic rings. The highest BCUT2D eigenvalue weighted by molar-refractivity contribution is 7.26. The third-order valence-corrected chi connectivity index (χ3v) is 14.9. The molecular formula is C61H35NO2S. The molecule has 0 saturated carbocycles. The molecule has 0 N–H and O–H groups in total. The van der Waals surface area contributed by atoms with Crippen molar-refractivity contribution in [1.29, 1.82) is 0 Å². The largest absolute Gasteiger partial charge is 0.447 e. The van der Waals surface area contributed by atoms with Gasteiger partial charge in [0.1, 0.15) is 0 Å². The SMILES string of the molecule is c1cc(-c2ccccc2N(c2ccccc2)c2ccc(-c3cccc4c3sc3ccccc34)cc2)c2c(c#1)Oc1ccc3c(c1O2)-c1ccccc1C31c2ccccc2-c2ccccc21. The Hall–Kier alpha value is -8.36. The first-order valence-electron chi connectivity index (χ1n) is 22.0. The van der Waals surface area contributed by atoms with Gasteiger partial charge in [0.2, 0.25) is 5.75 Å². The highest BCUT2D eigenvalue weighted by atomic mass is 32.1. The monoisotopic (exact) mass is 845 g/mol. The lowest BCUT2D eigenvalue weighted by Crippen LogP contribution is -2.25. The second-order valence-corrected chi connectivity index (χ2v) is 18.0. The lowest BCUT2D eigenvalue weighted by Gasteiger charge is -2.31. The number of hydrogen-bond donors (Lipinski definition) is 0. The Morgan fingerprint density at radius 2 is 1.05 bits per heavy atom. The summed E-state index contributed by atoms with van der Waals surface area (Å²) in [6, 6.07) is 82.8. The molecule has 65 heavy (non-hydrogen) atoms. The lowest BCUT2D eigenvalue weighted by molar-refractivity contribution is 0.362. The lowest BCUT2D eigenvalue weighted by atomic mass is 9.70. The molecule has 14 rings (SSSR count). The molecule has 0 fully saturated rings. The van der Waals surface area contributed by atoms with Gasteiger partial charge < -0.3 is 14.4 Å². The highest BCUT2D eigenvalue weighted by Crippen LogP contribution is 2.66. The molecule has 302 valence electrons. The van der Waals surface area contributed by atoms with Crippen LogP contribution in [0, 0.1) is 12.1 Å². The second kappa shape index (κ2) is 13.8. The number of fused-ring (bicyclic) bond motifs is 16. The Morgan fingerprint density at radius 3 is 1.83 bits per heavy atom. The first kappa shape index (κ1) is 36.2. The number of benzene rings is 9. The summed E-state index contributed by atoms with van der Waals surface area (Å²) in [4.78, 5) is 2.33. The third kappa shape index (κ3) is 5.07.